The highest BCUT2D eigenvalue weighted by Crippen LogP contribution is 2.33. The van der Waals surface area contributed by atoms with Crippen molar-refractivity contribution in [3.8, 4) is 0 Å². The van der Waals surface area contributed by atoms with Crippen molar-refractivity contribution in [1.29, 1.82) is 0 Å². The quantitative estimate of drug-likeness (QED) is 0.793. The Kier molecular flexibility index (Phi) is 3.10. The van der Waals surface area contributed by atoms with Gasteiger partial charge in [0, 0.05) is 16.2 Å². The minimum absolute atomic E-state index is 0.229. The number of benzene rings is 2. The van der Waals surface area contributed by atoms with E-state index in [-0.39, 0.29) is 6.10 Å². The van der Waals surface area contributed by atoms with E-state index < -0.39 is 0 Å². The standard InChI is InChI=1S/C16H12ClNO/c1-11-15(12-5-3-2-4-6-12)18-19-16(11)13-7-9-14(17)10-8-13/h2-10,16H,1H2. The zero-order valence-electron chi connectivity index (χ0n) is 10.2. The molecule has 3 rings (SSSR count). The fourth-order valence-electron chi connectivity index (χ4n) is 2.09. The Morgan fingerprint density at radius 3 is 2.37 bits per heavy atom. The first-order valence-corrected chi connectivity index (χ1v) is 6.37. The van der Waals surface area contributed by atoms with Crippen LogP contribution >= 0.6 is 11.6 Å². The summed E-state index contributed by atoms with van der Waals surface area (Å²) in [7, 11) is 0. The average Bonchev–Trinajstić information content (AvgIpc) is 2.83. The van der Waals surface area contributed by atoms with Crippen LogP contribution in [0.1, 0.15) is 17.2 Å². The van der Waals surface area contributed by atoms with Crippen LogP contribution in [0.4, 0.5) is 0 Å². The molecule has 0 saturated heterocycles. The number of rotatable bonds is 2. The number of hydrogen-bond donors (Lipinski definition) is 0. The Morgan fingerprint density at radius 2 is 1.68 bits per heavy atom. The molecule has 1 aliphatic rings. The Hall–Kier alpha value is -2.06. The molecule has 0 saturated carbocycles. The van der Waals surface area contributed by atoms with E-state index in [2.05, 4.69) is 11.7 Å². The zero-order chi connectivity index (χ0) is 13.2. The third-order valence-corrected chi connectivity index (χ3v) is 3.34. The molecule has 19 heavy (non-hydrogen) atoms. The summed E-state index contributed by atoms with van der Waals surface area (Å²) >= 11 is 5.89. The zero-order valence-corrected chi connectivity index (χ0v) is 11.0. The van der Waals surface area contributed by atoms with Crippen LogP contribution in [-0.4, -0.2) is 5.71 Å². The van der Waals surface area contributed by atoms with Gasteiger partial charge in [-0.1, -0.05) is 65.8 Å². The molecular formula is C16H12ClNO. The van der Waals surface area contributed by atoms with Gasteiger partial charge in [0.1, 0.15) is 5.71 Å². The summed E-state index contributed by atoms with van der Waals surface area (Å²) in [4.78, 5) is 5.50. The Balaban J connectivity index is 1.87. The van der Waals surface area contributed by atoms with Crippen molar-refractivity contribution in [2.75, 3.05) is 0 Å². The van der Waals surface area contributed by atoms with Gasteiger partial charge in [-0.25, -0.2) is 0 Å². The summed E-state index contributed by atoms with van der Waals surface area (Å²) in [6.45, 7) is 4.10. The second-order valence-corrected chi connectivity index (χ2v) is 4.80. The van der Waals surface area contributed by atoms with Gasteiger partial charge in [-0.05, 0) is 17.7 Å². The smallest absolute Gasteiger partial charge is 0.179 e. The van der Waals surface area contributed by atoms with Gasteiger partial charge >= 0.3 is 0 Å². The molecule has 2 aromatic carbocycles. The third-order valence-electron chi connectivity index (χ3n) is 3.09. The molecule has 0 radical (unpaired) electrons. The van der Waals surface area contributed by atoms with Crippen molar-refractivity contribution in [1.82, 2.24) is 0 Å². The summed E-state index contributed by atoms with van der Waals surface area (Å²) in [5.41, 5.74) is 3.70. The van der Waals surface area contributed by atoms with Crippen molar-refractivity contribution in [3.05, 3.63) is 82.9 Å². The van der Waals surface area contributed by atoms with Crippen molar-refractivity contribution < 1.29 is 4.84 Å². The monoisotopic (exact) mass is 269 g/mol. The van der Waals surface area contributed by atoms with Crippen LogP contribution in [0.5, 0.6) is 0 Å². The average molecular weight is 270 g/mol. The second-order valence-electron chi connectivity index (χ2n) is 4.37. The topological polar surface area (TPSA) is 21.6 Å². The molecule has 1 heterocycles. The van der Waals surface area contributed by atoms with Crippen molar-refractivity contribution in [2.45, 2.75) is 6.10 Å². The lowest BCUT2D eigenvalue weighted by atomic mass is 9.96. The molecule has 3 heteroatoms. The number of oxime groups is 1. The minimum Gasteiger partial charge on any atom is -0.382 e. The lowest BCUT2D eigenvalue weighted by Crippen LogP contribution is -2.05. The first-order chi connectivity index (χ1) is 9.25. The van der Waals surface area contributed by atoms with Gasteiger partial charge in [-0.3, -0.25) is 0 Å². The number of nitrogens with zero attached hydrogens (tertiary/aromatic N) is 1. The fraction of sp³-hybridized carbons (Fsp3) is 0.0625. The number of halogens is 1. The van der Waals surface area contributed by atoms with Gasteiger partial charge in [0.2, 0.25) is 0 Å². The molecule has 94 valence electrons. The molecule has 1 aliphatic heterocycles. The summed E-state index contributed by atoms with van der Waals surface area (Å²) in [5.74, 6) is 0. The normalized spacial score (nSPS) is 18.1. The summed E-state index contributed by atoms with van der Waals surface area (Å²) in [5, 5.41) is 4.86. The molecule has 0 bridgehead atoms. The Labute approximate surface area is 117 Å². The molecule has 0 aromatic heterocycles. The molecule has 2 nitrogen and oxygen atoms in total. The highest BCUT2D eigenvalue weighted by atomic mass is 35.5. The maximum Gasteiger partial charge on any atom is 0.179 e. The molecule has 0 amide bonds. The summed E-state index contributed by atoms with van der Waals surface area (Å²) in [6.07, 6.45) is -0.229. The Bertz CT molecular complexity index is 632. The second kappa shape index (κ2) is 4.90. The predicted octanol–water partition coefficient (Wildman–Crippen LogP) is 4.37. The number of hydrogen-bond acceptors (Lipinski definition) is 2. The van der Waals surface area contributed by atoms with E-state index in [1.54, 1.807) is 0 Å². The van der Waals surface area contributed by atoms with Gasteiger partial charge in [-0.2, -0.15) is 0 Å². The molecule has 0 N–H and O–H groups in total. The lowest BCUT2D eigenvalue weighted by molar-refractivity contribution is 0.105. The minimum atomic E-state index is -0.229. The van der Waals surface area contributed by atoms with Crippen LogP contribution < -0.4 is 0 Å². The van der Waals surface area contributed by atoms with Gasteiger partial charge in [0.15, 0.2) is 6.10 Å². The SMILES string of the molecule is C=C1C(c2ccccc2)=NOC1c1ccc(Cl)cc1. The highest BCUT2D eigenvalue weighted by Gasteiger charge is 2.28. The maximum absolute atomic E-state index is 5.89. The van der Waals surface area contributed by atoms with Crippen LogP contribution in [0.25, 0.3) is 0 Å². The van der Waals surface area contributed by atoms with Gasteiger partial charge < -0.3 is 4.84 Å². The van der Waals surface area contributed by atoms with Gasteiger partial charge in [-0.15, -0.1) is 0 Å². The maximum atomic E-state index is 5.89. The van der Waals surface area contributed by atoms with E-state index in [0.717, 1.165) is 22.4 Å². The first kappa shape index (κ1) is 12.0. The molecule has 2 aromatic rings. The largest absolute Gasteiger partial charge is 0.382 e. The van der Waals surface area contributed by atoms with Crippen LogP contribution in [0.2, 0.25) is 5.02 Å². The van der Waals surface area contributed by atoms with E-state index >= 15 is 0 Å². The summed E-state index contributed by atoms with van der Waals surface area (Å²) in [6, 6.07) is 17.5. The van der Waals surface area contributed by atoms with Crippen molar-refractivity contribution >= 4 is 17.3 Å². The van der Waals surface area contributed by atoms with E-state index in [9.17, 15) is 0 Å². The molecule has 0 aliphatic carbocycles. The van der Waals surface area contributed by atoms with E-state index in [4.69, 9.17) is 16.4 Å². The van der Waals surface area contributed by atoms with E-state index in [1.807, 2.05) is 54.6 Å². The van der Waals surface area contributed by atoms with E-state index in [0.29, 0.717) is 5.02 Å². The van der Waals surface area contributed by atoms with Crippen LogP contribution in [-0.2, 0) is 4.84 Å². The van der Waals surface area contributed by atoms with E-state index in [1.165, 1.54) is 0 Å². The third kappa shape index (κ3) is 2.27. The Morgan fingerprint density at radius 1 is 1.00 bits per heavy atom. The fourth-order valence-corrected chi connectivity index (χ4v) is 2.21. The highest BCUT2D eigenvalue weighted by molar-refractivity contribution is 6.30. The molecule has 1 atom stereocenters. The molecular weight excluding hydrogens is 258 g/mol. The van der Waals surface area contributed by atoms with Gasteiger partial charge in [0.05, 0.1) is 0 Å². The van der Waals surface area contributed by atoms with Crippen molar-refractivity contribution in [2.24, 2.45) is 5.16 Å². The molecule has 0 spiro atoms. The predicted molar refractivity (Wildman–Crippen MR) is 77.4 cm³/mol. The van der Waals surface area contributed by atoms with Crippen LogP contribution in [0.15, 0.2) is 71.9 Å². The first-order valence-electron chi connectivity index (χ1n) is 5.99. The van der Waals surface area contributed by atoms with Crippen LogP contribution in [0.3, 0.4) is 0 Å². The van der Waals surface area contributed by atoms with Crippen molar-refractivity contribution in [3.63, 3.8) is 0 Å². The van der Waals surface area contributed by atoms with Crippen LogP contribution in [0, 0.1) is 0 Å². The summed E-state index contributed by atoms with van der Waals surface area (Å²) < 4.78 is 0. The lowest BCUT2D eigenvalue weighted by Gasteiger charge is -2.10. The van der Waals surface area contributed by atoms with Gasteiger partial charge in [0.25, 0.3) is 0 Å². The molecule has 0 fully saturated rings. The molecule has 1 unspecified atom stereocenters.